The number of rotatable bonds is 3. The number of hydrogen-bond donors (Lipinski definition) is 1. The molecule has 0 aliphatic rings. The molecule has 1 aromatic carbocycles. The Balaban J connectivity index is 1.98. The summed E-state index contributed by atoms with van der Waals surface area (Å²) in [6.45, 7) is 2.15. The summed E-state index contributed by atoms with van der Waals surface area (Å²) in [6.07, 6.45) is 3.35. The fourth-order valence-electron chi connectivity index (χ4n) is 1.79. The van der Waals surface area contributed by atoms with Crippen molar-refractivity contribution in [2.24, 2.45) is 0 Å². The summed E-state index contributed by atoms with van der Waals surface area (Å²) < 4.78 is 0. The van der Waals surface area contributed by atoms with Gasteiger partial charge in [0.05, 0.1) is 17.9 Å². The monoisotopic (exact) mass is 256 g/mol. The first-order valence-corrected chi connectivity index (χ1v) is 6.75. The second kappa shape index (κ2) is 4.78. The van der Waals surface area contributed by atoms with Crippen LogP contribution in [0.25, 0.3) is 22.4 Å². The van der Waals surface area contributed by atoms with Crippen molar-refractivity contribution in [2.75, 3.05) is 5.75 Å². The van der Waals surface area contributed by atoms with Crippen LogP contribution >= 0.6 is 11.8 Å². The highest BCUT2D eigenvalue weighted by molar-refractivity contribution is 7.99. The van der Waals surface area contributed by atoms with Crippen LogP contribution in [0.3, 0.4) is 0 Å². The lowest BCUT2D eigenvalue weighted by Crippen LogP contribution is -1.80. The maximum Gasteiger partial charge on any atom is 0.138 e. The molecule has 0 aliphatic carbocycles. The van der Waals surface area contributed by atoms with E-state index < -0.39 is 0 Å². The molecule has 0 radical (unpaired) electrons. The van der Waals surface area contributed by atoms with E-state index in [2.05, 4.69) is 51.4 Å². The molecule has 0 fully saturated rings. The predicted molar refractivity (Wildman–Crippen MR) is 73.5 cm³/mol. The summed E-state index contributed by atoms with van der Waals surface area (Å²) in [5, 5.41) is 7.66. The fraction of sp³-hybridized carbons (Fsp3) is 0.154. The summed E-state index contributed by atoms with van der Waals surface area (Å²) in [5.41, 5.74) is 2.82. The Hall–Kier alpha value is -1.88. The lowest BCUT2D eigenvalue weighted by atomic mass is 10.2. The van der Waals surface area contributed by atoms with Gasteiger partial charge in [-0.25, -0.2) is 4.98 Å². The Kier molecular flexibility index (Phi) is 2.98. The fourth-order valence-corrected chi connectivity index (χ4v) is 2.45. The maximum absolute atomic E-state index is 4.49. The van der Waals surface area contributed by atoms with E-state index in [0.717, 1.165) is 28.2 Å². The molecular weight excluding hydrogens is 244 g/mol. The lowest BCUT2D eigenvalue weighted by Gasteiger charge is -2.00. The minimum Gasteiger partial charge on any atom is -0.337 e. The topological polar surface area (TPSA) is 54.5 Å². The van der Waals surface area contributed by atoms with Crippen molar-refractivity contribution in [1.29, 1.82) is 0 Å². The molecule has 0 spiro atoms. The molecule has 0 bridgehead atoms. The SMILES string of the molecule is CCSc1ccc(-c2nc3cnncc3[nH]2)cc1. The molecule has 0 saturated heterocycles. The molecule has 0 saturated carbocycles. The van der Waals surface area contributed by atoms with Gasteiger partial charge in [0.25, 0.3) is 0 Å². The molecule has 0 unspecified atom stereocenters. The van der Waals surface area contributed by atoms with Crippen molar-refractivity contribution in [1.82, 2.24) is 20.2 Å². The summed E-state index contributed by atoms with van der Waals surface area (Å²) >= 11 is 1.83. The minimum absolute atomic E-state index is 0.840. The first-order chi connectivity index (χ1) is 8.86. The quantitative estimate of drug-likeness (QED) is 0.731. The molecule has 2 aromatic heterocycles. The predicted octanol–water partition coefficient (Wildman–Crippen LogP) is 3.13. The Morgan fingerprint density at radius 2 is 1.89 bits per heavy atom. The van der Waals surface area contributed by atoms with Crippen LogP contribution in [0.15, 0.2) is 41.6 Å². The van der Waals surface area contributed by atoms with Crippen LogP contribution in [0.2, 0.25) is 0 Å². The number of nitrogens with one attached hydrogen (secondary N) is 1. The molecule has 1 N–H and O–H groups in total. The standard InChI is InChI=1S/C13H12N4S/c1-2-18-10-5-3-9(4-6-10)13-16-11-7-14-15-8-12(11)17-13/h3-8H,2H2,1H3,(H,16,17). The van der Waals surface area contributed by atoms with E-state index in [9.17, 15) is 0 Å². The summed E-state index contributed by atoms with van der Waals surface area (Å²) in [5.74, 6) is 1.94. The average molecular weight is 256 g/mol. The van der Waals surface area contributed by atoms with Crippen LogP contribution in [0.1, 0.15) is 6.92 Å². The van der Waals surface area contributed by atoms with E-state index >= 15 is 0 Å². The third-order valence-corrected chi connectivity index (χ3v) is 3.53. The zero-order valence-electron chi connectivity index (χ0n) is 9.92. The minimum atomic E-state index is 0.840. The number of aromatic amines is 1. The van der Waals surface area contributed by atoms with E-state index in [-0.39, 0.29) is 0 Å². The molecule has 3 rings (SSSR count). The van der Waals surface area contributed by atoms with Gasteiger partial charge in [0.2, 0.25) is 0 Å². The van der Waals surface area contributed by atoms with Crippen molar-refractivity contribution in [3.8, 4) is 11.4 Å². The normalized spacial score (nSPS) is 10.9. The van der Waals surface area contributed by atoms with Crippen molar-refractivity contribution in [3.05, 3.63) is 36.7 Å². The molecule has 0 aliphatic heterocycles. The third-order valence-electron chi connectivity index (χ3n) is 2.63. The van der Waals surface area contributed by atoms with Crippen LogP contribution in [0.5, 0.6) is 0 Å². The number of benzene rings is 1. The largest absolute Gasteiger partial charge is 0.337 e. The zero-order chi connectivity index (χ0) is 12.4. The van der Waals surface area contributed by atoms with Gasteiger partial charge in [-0.1, -0.05) is 19.1 Å². The number of H-pyrrole nitrogens is 1. The van der Waals surface area contributed by atoms with Gasteiger partial charge in [0.1, 0.15) is 11.3 Å². The Morgan fingerprint density at radius 1 is 1.11 bits per heavy atom. The van der Waals surface area contributed by atoms with E-state index in [4.69, 9.17) is 0 Å². The Morgan fingerprint density at radius 3 is 2.61 bits per heavy atom. The molecule has 4 nitrogen and oxygen atoms in total. The second-order valence-corrected chi connectivity index (χ2v) is 5.17. The van der Waals surface area contributed by atoms with Gasteiger partial charge < -0.3 is 4.98 Å². The van der Waals surface area contributed by atoms with E-state index in [0.29, 0.717) is 0 Å². The number of hydrogen-bond acceptors (Lipinski definition) is 4. The molecule has 2 heterocycles. The van der Waals surface area contributed by atoms with Crippen molar-refractivity contribution in [3.63, 3.8) is 0 Å². The highest BCUT2D eigenvalue weighted by Crippen LogP contribution is 2.23. The molecule has 0 atom stereocenters. The smallest absolute Gasteiger partial charge is 0.138 e. The summed E-state index contributed by atoms with van der Waals surface area (Å²) in [6, 6.07) is 8.40. The van der Waals surface area contributed by atoms with Gasteiger partial charge in [-0.3, -0.25) is 0 Å². The van der Waals surface area contributed by atoms with Crippen LogP contribution in [0.4, 0.5) is 0 Å². The number of imidazole rings is 1. The van der Waals surface area contributed by atoms with E-state index in [1.165, 1.54) is 4.90 Å². The van der Waals surface area contributed by atoms with E-state index in [1.807, 2.05) is 11.8 Å². The van der Waals surface area contributed by atoms with Crippen LogP contribution in [-0.2, 0) is 0 Å². The number of fused-ring (bicyclic) bond motifs is 1. The highest BCUT2D eigenvalue weighted by atomic mass is 32.2. The van der Waals surface area contributed by atoms with Crippen LogP contribution in [0, 0.1) is 0 Å². The molecule has 90 valence electrons. The Labute approximate surface area is 109 Å². The first kappa shape index (κ1) is 11.2. The summed E-state index contributed by atoms with van der Waals surface area (Å²) in [4.78, 5) is 9.02. The Bertz CT molecular complexity index is 627. The highest BCUT2D eigenvalue weighted by Gasteiger charge is 2.05. The van der Waals surface area contributed by atoms with Crippen LogP contribution in [-0.4, -0.2) is 25.9 Å². The van der Waals surface area contributed by atoms with Crippen molar-refractivity contribution < 1.29 is 0 Å². The molecular formula is C13H12N4S. The number of thioether (sulfide) groups is 1. The van der Waals surface area contributed by atoms with Gasteiger partial charge in [-0.05, 0) is 17.9 Å². The van der Waals surface area contributed by atoms with Gasteiger partial charge in [0.15, 0.2) is 0 Å². The van der Waals surface area contributed by atoms with E-state index in [1.54, 1.807) is 12.4 Å². The second-order valence-electron chi connectivity index (χ2n) is 3.83. The van der Waals surface area contributed by atoms with Crippen LogP contribution < -0.4 is 0 Å². The van der Waals surface area contributed by atoms with Gasteiger partial charge in [-0.2, -0.15) is 10.2 Å². The number of aromatic nitrogens is 4. The molecule has 18 heavy (non-hydrogen) atoms. The zero-order valence-corrected chi connectivity index (χ0v) is 10.7. The maximum atomic E-state index is 4.49. The van der Waals surface area contributed by atoms with Gasteiger partial charge >= 0.3 is 0 Å². The van der Waals surface area contributed by atoms with Crippen molar-refractivity contribution in [2.45, 2.75) is 11.8 Å². The molecule has 0 amide bonds. The summed E-state index contributed by atoms with van der Waals surface area (Å²) in [7, 11) is 0. The van der Waals surface area contributed by atoms with Crippen molar-refractivity contribution >= 4 is 22.8 Å². The third kappa shape index (κ3) is 2.09. The molecule has 5 heteroatoms. The first-order valence-electron chi connectivity index (χ1n) is 5.76. The lowest BCUT2D eigenvalue weighted by molar-refractivity contribution is 1.05. The average Bonchev–Trinajstić information content (AvgIpc) is 2.84. The molecule has 3 aromatic rings. The number of nitrogens with zero attached hydrogens (tertiary/aromatic N) is 3. The van der Waals surface area contributed by atoms with Gasteiger partial charge in [-0.15, -0.1) is 11.8 Å². The van der Waals surface area contributed by atoms with Gasteiger partial charge in [0, 0.05) is 10.5 Å².